The molecule has 0 spiro atoms. The van der Waals surface area contributed by atoms with Crippen LogP contribution in [0.25, 0.3) is 0 Å². The number of benzene rings is 1. The van der Waals surface area contributed by atoms with Crippen LogP contribution < -0.4 is 10.2 Å². The summed E-state index contributed by atoms with van der Waals surface area (Å²) in [7, 11) is 0. The van der Waals surface area contributed by atoms with Crippen LogP contribution in [0.3, 0.4) is 0 Å². The molecule has 2 fully saturated rings. The van der Waals surface area contributed by atoms with Crippen molar-refractivity contribution in [2.75, 3.05) is 18.1 Å². The Morgan fingerprint density at radius 2 is 1.63 bits per heavy atom. The molecule has 144 valence electrons. The maximum Gasteiger partial charge on any atom is 0.338 e. The zero-order valence-corrected chi connectivity index (χ0v) is 15.2. The highest BCUT2D eigenvalue weighted by molar-refractivity contribution is 6.19. The molecule has 3 rings (SSSR count). The molecule has 7 heteroatoms. The lowest BCUT2D eigenvalue weighted by Gasteiger charge is -2.21. The third kappa shape index (κ3) is 4.93. The van der Waals surface area contributed by atoms with Crippen molar-refractivity contribution in [3.8, 4) is 0 Å². The quantitative estimate of drug-likeness (QED) is 0.610. The van der Waals surface area contributed by atoms with Crippen LogP contribution in [0, 0.1) is 5.92 Å². The summed E-state index contributed by atoms with van der Waals surface area (Å²) in [5.74, 6) is -0.899. The lowest BCUT2D eigenvalue weighted by atomic mass is 9.89. The first-order valence-electron chi connectivity index (χ1n) is 9.44. The second-order valence-electron chi connectivity index (χ2n) is 7.05. The third-order valence-electron chi connectivity index (χ3n) is 5.06. The topological polar surface area (TPSA) is 92.8 Å². The number of imide groups is 1. The fourth-order valence-corrected chi connectivity index (χ4v) is 3.53. The van der Waals surface area contributed by atoms with E-state index in [1.165, 1.54) is 43.5 Å². The number of carbonyl (C=O) groups is 4. The predicted molar refractivity (Wildman–Crippen MR) is 98.0 cm³/mol. The normalized spacial score (nSPS) is 17.9. The van der Waals surface area contributed by atoms with Crippen molar-refractivity contribution in [2.45, 2.75) is 44.9 Å². The number of ether oxygens (including phenoxy) is 1. The minimum absolute atomic E-state index is 0.207. The Morgan fingerprint density at radius 1 is 1.00 bits per heavy atom. The van der Waals surface area contributed by atoms with Gasteiger partial charge in [0.2, 0.25) is 11.8 Å². The molecule has 2 aliphatic rings. The highest BCUT2D eigenvalue weighted by Gasteiger charge is 2.30. The van der Waals surface area contributed by atoms with Crippen molar-refractivity contribution < 1.29 is 23.9 Å². The second-order valence-corrected chi connectivity index (χ2v) is 7.05. The number of nitrogens with one attached hydrogen (secondary N) is 1. The fourth-order valence-electron chi connectivity index (χ4n) is 3.53. The molecule has 1 saturated heterocycles. The van der Waals surface area contributed by atoms with Crippen LogP contribution in [-0.2, 0) is 19.1 Å². The van der Waals surface area contributed by atoms with Gasteiger partial charge in [0.15, 0.2) is 6.61 Å². The van der Waals surface area contributed by atoms with Crippen LogP contribution in [0.4, 0.5) is 5.69 Å². The number of carbonyl (C=O) groups excluding carboxylic acids is 4. The molecule has 0 unspecified atom stereocenters. The first-order valence-corrected chi connectivity index (χ1v) is 9.44. The minimum atomic E-state index is -0.617. The van der Waals surface area contributed by atoms with E-state index in [2.05, 4.69) is 5.32 Å². The van der Waals surface area contributed by atoms with Gasteiger partial charge in [-0.25, -0.2) is 4.79 Å². The van der Waals surface area contributed by atoms with Gasteiger partial charge in [0.05, 0.1) is 11.3 Å². The van der Waals surface area contributed by atoms with Crippen LogP contribution in [-0.4, -0.2) is 36.8 Å². The molecule has 1 aromatic carbocycles. The van der Waals surface area contributed by atoms with Crippen molar-refractivity contribution in [3.63, 3.8) is 0 Å². The number of rotatable bonds is 6. The smallest absolute Gasteiger partial charge is 0.338 e. The highest BCUT2D eigenvalue weighted by Crippen LogP contribution is 2.23. The Labute approximate surface area is 158 Å². The molecule has 1 N–H and O–H groups in total. The number of esters is 1. The van der Waals surface area contributed by atoms with E-state index < -0.39 is 5.97 Å². The summed E-state index contributed by atoms with van der Waals surface area (Å²) in [6.07, 6.45) is 6.36. The van der Waals surface area contributed by atoms with Gasteiger partial charge in [-0.2, -0.15) is 0 Å². The third-order valence-corrected chi connectivity index (χ3v) is 5.06. The molecule has 0 atom stereocenters. The first-order chi connectivity index (χ1) is 13.0. The summed E-state index contributed by atoms with van der Waals surface area (Å²) in [5, 5.41) is 2.82. The maximum atomic E-state index is 12.1. The summed E-state index contributed by atoms with van der Waals surface area (Å²) in [6.45, 7) is 0.305. The van der Waals surface area contributed by atoms with Crippen molar-refractivity contribution in [2.24, 2.45) is 5.92 Å². The SMILES string of the molecule is O=C(COC(=O)c1ccc(N2C(=O)CCC2=O)cc1)NCC1CCCCC1. The maximum absolute atomic E-state index is 12.1. The van der Waals surface area contributed by atoms with Gasteiger partial charge in [0.1, 0.15) is 0 Å². The van der Waals surface area contributed by atoms with E-state index in [0.29, 0.717) is 18.2 Å². The van der Waals surface area contributed by atoms with E-state index in [1.807, 2.05) is 0 Å². The monoisotopic (exact) mass is 372 g/mol. The highest BCUT2D eigenvalue weighted by atomic mass is 16.5. The first kappa shape index (κ1) is 19.1. The Balaban J connectivity index is 1.45. The molecule has 1 aliphatic heterocycles. The Hall–Kier alpha value is -2.70. The Kier molecular flexibility index (Phi) is 6.21. The number of hydrogen-bond acceptors (Lipinski definition) is 5. The van der Waals surface area contributed by atoms with Gasteiger partial charge in [0.25, 0.3) is 5.91 Å². The van der Waals surface area contributed by atoms with Crippen LogP contribution in [0.2, 0.25) is 0 Å². The van der Waals surface area contributed by atoms with Crippen LogP contribution in [0.15, 0.2) is 24.3 Å². The molecule has 7 nitrogen and oxygen atoms in total. The van der Waals surface area contributed by atoms with Crippen LogP contribution in [0.1, 0.15) is 55.3 Å². The van der Waals surface area contributed by atoms with E-state index in [9.17, 15) is 19.2 Å². The number of anilines is 1. The molecule has 0 bridgehead atoms. The molecular weight excluding hydrogens is 348 g/mol. The summed E-state index contributed by atoms with van der Waals surface area (Å²) < 4.78 is 5.04. The van der Waals surface area contributed by atoms with Gasteiger partial charge in [0, 0.05) is 19.4 Å². The van der Waals surface area contributed by atoms with Crippen molar-refractivity contribution in [1.29, 1.82) is 0 Å². The molecule has 27 heavy (non-hydrogen) atoms. The molecule has 1 saturated carbocycles. The summed E-state index contributed by atoms with van der Waals surface area (Å²) in [5.41, 5.74) is 0.696. The van der Waals surface area contributed by atoms with E-state index in [1.54, 1.807) is 0 Å². The molecule has 1 aliphatic carbocycles. The molecule has 1 heterocycles. The predicted octanol–water partition coefficient (Wildman–Crippen LogP) is 2.19. The molecular formula is C20H24N2O5. The molecule has 0 aromatic heterocycles. The number of amides is 3. The van der Waals surface area contributed by atoms with Crippen molar-refractivity contribution in [3.05, 3.63) is 29.8 Å². The average Bonchev–Trinajstić information content (AvgIpc) is 3.03. The molecule has 3 amide bonds. The summed E-state index contributed by atoms with van der Waals surface area (Å²) >= 11 is 0. The average molecular weight is 372 g/mol. The van der Waals surface area contributed by atoms with Gasteiger partial charge in [-0.3, -0.25) is 19.3 Å². The Bertz CT molecular complexity index is 706. The van der Waals surface area contributed by atoms with Crippen LogP contribution in [0.5, 0.6) is 0 Å². The number of nitrogens with zero attached hydrogens (tertiary/aromatic N) is 1. The van der Waals surface area contributed by atoms with Crippen molar-refractivity contribution in [1.82, 2.24) is 5.32 Å². The zero-order chi connectivity index (χ0) is 19.2. The standard InChI is InChI=1S/C20H24N2O5/c23-17(21-12-14-4-2-1-3-5-14)13-27-20(26)15-6-8-16(9-7-15)22-18(24)10-11-19(22)25/h6-9,14H,1-5,10-13H2,(H,21,23). The fraction of sp³-hybridized carbons (Fsp3) is 0.500. The van der Waals surface area contributed by atoms with Crippen LogP contribution >= 0.6 is 0 Å². The van der Waals surface area contributed by atoms with Gasteiger partial charge in [-0.1, -0.05) is 19.3 Å². The number of hydrogen-bond donors (Lipinski definition) is 1. The van der Waals surface area contributed by atoms with Gasteiger partial charge in [-0.05, 0) is 43.0 Å². The second kappa shape index (κ2) is 8.79. The largest absolute Gasteiger partial charge is 0.452 e. The van der Waals surface area contributed by atoms with Crippen molar-refractivity contribution >= 4 is 29.4 Å². The molecule has 1 aromatic rings. The summed E-state index contributed by atoms with van der Waals surface area (Å²) in [4.78, 5) is 48.5. The minimum Gasteiger partial charge on any atom is -0.452 e. The summed E-state index contributed by atoms with van der Waals surface area (Å²) in [6, 6.07) is 6.02. The van der Waals surface area contributed by atoms with Gasteiger partial charge in [-0.15, -0.1) is 0 Å². The van der Waals surface area contributed by atoms with Gasteiger partial charge < -0.3 is 10.1 Å². The van der Waals surface area contributed by atoms with E-state index in [4.69, 9.17) is 4.74 Å². The van der Waals surface area contributed by atoms with Gasteiger partial charge >= 0.3 is 5.97 Å². The lowest BCUT2D eigenvalue weighted by Crippen LogP contribution is -2.33. The van der Waals surface area contributed by atoms with E-state index in [0.717, 1.165) is 17.7 Å². The van der Waals surface area contributed by atoms with E-state index >= 15 is 0 Å². The zero-order valence-electron chi connectivity index (χ0n) is 15.2. The Morgan fingerprint density at radius 3 is 2.26 bits per heavy atom. The lowest BCUT2D eigenvalue weighted by molar-refractivity contribution is -0.124. The van der Waals surface area contributed by atoms with E-state index in [-0.39, 0.29) is 42.7 Å². The molecule has 0 radical (unpaired) electrons.